The summed E-state index contributed by atoms with van der Waals surface area (Å²) in [5.74, 6) is 0.127. The van der Waals surface area contributed by atoms with Gasteiger partial charge in [-0.2, -0.15) is 0 Å². The van der Waals surface area contributed by atoms with Crippen LogP contribution in [0.25, 0.3) is 5.82 Å². The Morgan fingerprint density at radius 3 is 2.55 bits per heavy atom. The van der Waals surface area contributed by atoms with Gasteiger partial charge >= 0.3 is 0 Å². The maximum Gasteiger partial charge on any atom is 0.274 e. The van der Waals surface area contributed by atoms with Gasteiger partial charge in [0.15, 0.2) is 5.82 Å². The highest BCUT2D eigenvalue weighted by molar-refractivity contribution is 7.08. The van der Waals surface area contributed by atoms with E-state index in [1.165, 1.54) is 28.2 Å². The zero-order valence-corrected chi connectivity index (χ0v) is 23.8. The lowest BCUT2D eigenvalue weighted by molar-refractivity contribution is 0.0911. The number of halogens is 2. The Bertz CT molecular complexity index is 1480. The van der Waals surface area contributed by atoms with E-state index >= 15 is 0 Å². The number of nitrogens with one attached hydrogen (secondary N) is 2. The first-order chi connectivity index (χ1) is 17.9. The number of amides is 2. The molecule has 4 rings (SSSR count). The van der Waals surface area contributed by atoms with Crippen LogP contribution in [-0.2, 0) is 0 Å². The number of carbonyl (C=O) groups excluding carboxylic acids is 2. The number of aromatic nitrogens is 3. The van der Waals surface area contributed by atoms with Gasteiger partial charge in [-0.1, -0.05) is 44.0 Å². The summed E-state index contributed by atoms with van der Waals surface area (Å²) in [5, 5.41) is 14.7. The molecule has 4 aromatic rings. The van der Waals surface area contributed by atoms with E-state index in [1.54, 1.807) is 37.4 Å². The quantitative estimate of drug-likeness (QED) is 0.245. The molecule has 0 fully saturated rings. The zero-order valence-electron chi connectivity index (χ0n) is 21.5. The Morgan fingerprint density at radius 2 is 1.89 bits per heavy atom. The SMILES string of the molecule is Cc1cc(Cl)cc(C(=O)NC(C)C(C)(C)C)c1NC(=O)c1cc(Oc2ccsc2)nn1-c1ncccc1Cl. The second-order valence-corrected chi connectivity index (χ2v) is 11.4. The Hall–Kier alpha value is -3.40. The monoisotopic (exact) mass is 571 g/mol. The summed E-state index contributed by atoms with van der Waals surface area (Å²) in [7, 11) is 0. The van der Waals surface area contributed by atoms with Crippen LogP contribution in [0.2, 0.25) is 10.0 Å². The van der Waals surface area contributed by atoms with Crippen LogP contribution in [0, 0.1) is 12.3 Å². The minimum absolute atomic E-state index is 0.111. The second-order valence-electron chi connectivity index (χ2n) is 9.81. The van der Waals surface area contributed by atoms with Gasteiger partial charge in [0.25, 0.3) is 11.8 Å². The molecule has 0 aliphatic carbocycles. The average Bonchev–Trinajstić information content (AvgIpc) is 3.50. The van der Waals surface area contributed by atoms with E-state index in [9.17, 15) is 9.59 Å². The molecule has 2 N–H and O–H groups in total. The summed E-state index contributed by atoms with van der Waals surface area (Å²) in [5.41, 5.74) is 1.14. The second kappa shape index (κ2) is 11.1. The summed E-state index contributed by atoms with van der Waals surface area (Å²) >= 11 is 14.1. The summed E-state index contributed by atoms with van der Waals surface area (Å²) in [6.07, 6.45) is 1.55. The molecule has 0 spiro atoms. The summed E-state index contributed by atoms with van der Waals surface area (Å²) in [6.45, 7) is 9.79. The normalized spacial score (nSPS) is 12.2. The fourth-order valence-corrected chi connectivity index (χ4v) is 4.48. The highest BCUT2D eigenvalue weighted by atomic mass is 35.5. The van der Waals surface area contributed by atoms with E-state index in [0.717, 1.165) is 0 Å². The number of thiophene rings is 1. The van der Waals surface area contributed by atoms with E-state index in [2.05, 4.69) is 20.7 Å². The highest BCUT2D eigenvalue weighted by Gasteiger charge is 2.26. The number of ether oxygens (including phenoxy) is 1. The van der Waals surface area contributed by atoms with E-state index < -0.39 is 5.91 Å². The molecule has 0 aliphatic rings. The van der Waals surface area contributed by atoms with Crippen LogP contribution in [0.15, 0.2) is 53.4 Å². The van der Waals surface area contributed by atoms with Crippen LogP contribution in [0.5, 0.6) is 11.6 Å². The van der Waals surface area contributed by atoms with Crippen LogP contribution >= 0.6 is 34.5 Å². The third-order valence-electron chi connectivity index (χ3n) is 6.01. The molecule has 0 bridgehead atoms. The molecule has 0 saturated carbocycles. The smallest absolute Gasteiger partial charge is 0.274 e. The van der Waals surface area contributed by atoms with E-state index in [-0.39, 0.29) is 40.3 Å². The molecule has 1 aromatic carbocycles. The Morgan fingerprint density at radius 1 is 1.13 bits per heavy atom. The van der Waals surface area contributed by atoms with E-state index in [1.807, 2.05) is 38.5 Å². The van der Waals surface area contributed by atoms with Crippen LogP contribution in [-0.4, -0.2) is 32.6 Å². The molecular weight excluding hydrogens is 545 g/mol. The van der Waals surface area contributed by atoms with Gasteiger partial charge in [0.05, 0.1) is 16.3 Å². The number of hydrogen-bond acceptors (Lipinski definition) is 6. The molecule has 2 amide bonds. The number of anilines is 1. The molecule has 198 valence electrons. The first-order valence-electron chi connectivity index (χ1n) is 11.8. The van der Waals surface area contributed by atoms with Gasteiger partial charge < -0.3 is 15.4 Å². The van der Waals surface area contributed by atoms with Crippen molar-refractivity contribution in [3.63, 3.8) is 0 Å². The molecule has 3 aromatic heterocycles. The van der Waals surface area contributed by atoms with Gasteiger partial charge in [0, 0.05) is 28.7 Å². The van der Waals surface area contributed by atoms with Gasteiger partial charge in [0.2, 0.25) is 5.88 Å². The predicted octanol–water partition coefficient (Wildman–Crippen LogP) is 7.15. The van der Waals surface area contributed by atoms with Gasteiger partial charge in [-0.25, -0.2) is 9.67 Å². The first-order valence-corrected chi connectivity index (χ1v) is 13.5. The first kappa shape index (κ1) is 27.6. The minimum Gasteiger partial charge on any atom is -0.437 e. The lowest BCUT2D eigenvalue weighted by atomic mass is 9.88. The largest absolute Gasteiger partial charge is 0.437 e. The van der Waals surface area contributed by atoms with Gasteiger partial charge in [0.1, 0.15) is 11.4 Å². The van der Waals surface area contributed by atoms with Crippen molar-refractivity contribution in [2.75, 3.05) is 5.32 Å². The molecule has 0 saturated heterocycles. The number of carbonyl (C=O) groups is 2. The highest BCUT2D eigenvalue weighted by Crippen LogP contribution is 2.30. The van der Waals surface area contributed by atoms with E-state index in [4.69, 9.17) is 27.9 Å². The Kier molecular flexibility index (Phi) is 8.10. The van der Waals surface area contributed by atoms with Crippen LogP contribution in [0.1, 0.15) is 54.1 Å². The number of nitrogens with zero attached hydrogens (tertiary/aromatic N) is 3. The van der Waals surface area contributed by atoms with Crippen LogP contribution in [0.4, 0.5) is 5.69 Å². The molecule has 1 atom stereocenters. The predicted molar refractivity (Wildman–Crippen MR) is 151 cm³/mol. The van der Waals surface area contributed by atoms with Crippen LogP contribution < -0.4 is 15.4 Å². The molecule has 8 nitrogen and oxygen atoms in total. The third-order valence-corrected chi connectivity index (χ3v) is 7.18. The van der Waals surface area contributed by atoms with Crippen molar-refractivity contribution in [3.8, 4) is 17.4 Å². The Labute approximate surface area is 234 Å². The van der Waals surface area contributed by atoms with E-state index in [0.29, 0.717) is 27.0 Å². The molecule has 11 heteroatoms. The number of aryl methyl sites for hydroxylation is 1. The third kappa shape index (κ3) is 6.18. The van der Waals surface area contributed by atoms with Gasteiger partial charge in [-0.15, -0.1) is 16.4 Å². The average molecular weight is 573 g/mol. The lowest BCUT2D eigenvalue weighted by Gasteiger charge is -2.28. The number of benzene rings is 1. The topological polar surface area (TPSA) is 98.1 Å². The summed E-state index contributed by atoms with van der Waals surface area (Å²) < 4.78 is 7.14. The van der Waals surface area contributed by atoms with Gasteiger partial charge in [-0.05, 0) is 60.5 Å². The van der Waals surface area contributed by atoms with Crippen molar-refractivity contribution in [1.29, 1.82) is 0 Å². The number of rotatable bonds is 7. The van der Waals surface area contributed by atoms with Gasteiger partial charge in [-0.3, -0.25) is 9.59 Å². The van der Waals surface area contributed by atoms with Crippen molar-refractivity contribution < 1.29 is 14.3 Å². The summed E-state index contributed by atoms with van der Waals surface area (Å²) in [6, 6.07) is 9.68. The maximum atomic E-state index is 13.7. The van der Waals surface area contributed by atoms with Crippen molar-refractivity contribution in [3.05, 3.63) is 80.2 Å². The molecule has 0 radical (unpaired) electrons. The zero-order chi connectivity index (χ0) is 27.6. The number of pyridine rings is 1. The van der Waals surface area contributed by atoms with Crippen LogP contribution in [0.3, 0.4) is 0 Å². The fraction of sp³-hybridized carbons (Fsp3) is 0.259. The minimum atomic E-state index is -0.539. The van der Waals surface area contributed by atoms with Crippen molar-refractivity contribution in [1.82, 2.24) is 20.1 Å². The molecule has 38 heavy (non-hydrogen) atoms. The van der Waals surface area contributed by atoms with Crippen molar-refractivity contribution >= 4 is 52.0 Å². The number of hydrogen-bond donors (Lipinski definition) is 2. The molecule has 0 aliphatic heterocycles. The van der Waals surface area contributed by atoms with Crippen molar-refractivity contribution in [2.45, 2.75) is 40.7 Å². The van der Waals surface area contributed by atoms with Crippen molar-refractivity contribution in [2.24, 2.45) is 5.41 Å². The molecule has 1 unspecified atom stereocenters. The maximum absolute atomic E-state index is 13.7. The lowest BCUT2D eigenvalue weighted by Crippen LogP contribution is -2.41. The standard InChI is InChI=1S/C27H27Cl2N5O3S/c1-15-11-17(28)12-19(25(35)31-16(2)27(3,4)5)23(15)32-26(36)21-13-22(37-18-8-10-38-14-18)33-34(21)24-20(29)7-6-9-30-24/h6-14,16H,1-5H3,(H,31,35)(H,32,36). The molecular formula is C27H27Cl2N5O3S. The Balaban J connectivity index is 1.72. The molecule has 3 heterocycles. The fourth-order valence-electron chi connectivity index (χ4n) is 3.45. The summed E-state index contributed by atoms with van der Waals surface area (Å²) in [4.78, 5) is 31.2.